The third-order valence-electron chi connectivity index (χ3n) is 13.0. The zero-order valence-corrected chi connectivity index (χ0v) is 26.5. The van der Waals surface area contributed by atoms with Crippen molar-refractivity contribution in [3.8, 4) is 5.75 Å². The summed E-state index contributed by atoms with van der Waals surface area (Å²) in [5.41, 5.74) is 2.93. The van der Waals surface area contributed by atoms with Gasteiger partial charge < -0.3 is 19.9 Å². The number of hydrogen-bond donors (Lipinski definition) is 2. The lowest BCUT2D eigenvalue weighted by Crippen LogP contribution is -2.62. The number of fused-ring (bicyclic) bond motifs is 7. The summed E-state index contributed by atoms with van der Waals surface area (Å²) < 4.78 is 11.0. The maximum atomic E-state index is 13.7. The fourth-order valence-corrected chi connectivity index (χ4v) is 11.1. The highest BCUT2D eigenvalue weighted by molar-refractivity contribution is 6.02. The molecular formula is C36H51NO5. The van der Waals surface area contributed by atoms with Crippen LogP contribution in [-0.4, -0.2) is 35.7 Å². The minimum Gasteiger partial charge on any atom is -0.497 e. The molecule has 2 N–H and O–H groups in total. The van der Waals surface area contributed by atoms with Crippen LogP contribution in [0.5, 0.6) is 5.75 Å². The largest absolute Gasteiger partial charge is 0.497 e. The van der Waals surface area contributed by atoms with Crippen molar-refractivity contribution in [3.63, 3.8) is 0 Å². The first-order valence-electron chi connectivity index (χ1n) is 16.5. The molecule has 1 amide bonds. The number of amides is 1. The number of nitrogens with one attached hydrogen (secondary N) is 1. The van der Waals surface area contributed by atoms with E-state index < -0.39 is 11.6 Å². The summed E-state index contributed by atoms with van der Waals surface area (Å²) in [6, 6.07) is 7.53. The molecule has 0 heterocycles. The quantitative estimate of drug-likeness (QED) is 0.386. The molecule has 9 unspecified atom stereocenters. The maximum absolute atomic E-state index is 13.7. The van der Waals surface area contributed by atoms with Gasteiger partial charge in [-0.3, -0.25) is 4.79 Å². The number of hydrogen-bond acceptors (Lipinski definition) is 5. The average Bonchev–Trinajstić information content (AvgIpc) is 3.26. The Kier molecular flexibility index (Phi) is 7.56. The number of carbonyl (C=O) groups is 2. The van der Waals surface area contributed by atoms with Gasteiger partial charge in [0.05, 0.1) is 18.8 Å². The Hall–Kier alpha value is -2.34. The van der Waals surface area contributed by atoms with Crippen LogP contribution in [0.15, 0.2) is 35.4 Å². The van der Waals surface area contributed by atoms with Gasteiger partial charge in [-0.1, -0.05) is 46.8 Å². The maximum Gasteiger partial charge on any atom is 0.408 e. The fraction of sp³-hybridized carbons (Fsp3) is 0.722. The molecule has 230 valence electrons. The molecule has 0 aliphatic heterocycles. The standard InChI is InChI=1S/C36H51NO5/c1-21(2)31-29(39)19-36(37-33(40)42-20-23-7-9-24(41-6)10-8-23)18-14-27-25(32(31)36)11-12-30-34(4)17-15-28(38)22(3)26(34)13-16-35(27,30)5/h7-10,21-22,25-28,30,38H,11-20H2,1-6H3,(H,37,40). The molecule has 0 radical (unpaired) electrons. The molecule has 0 spiro atoms. The molecule has 0 saturated heterocycles. The van der Waals surface area contributed by atoms with Crippen LogP contribution in [-0.2, 0) is 16.1 Å². The van der Waals surface area contributed by atoms with Crippen LogP contribution in [0.4, 0.5) is 4.79 Å². The minimum atomic E-state index is -0.636. The third-order valence-corrected chi connectivity index (χ3v) is 13.0. The molecule has 1 aromatic rings. The van der Waals surface area contributed by atoms with Crippen LogP contribution < -0.4 is 10.1 Å². The van der Waals surface area contributed by atoms with Gasteiger partial charge in [0.1, 0.15) is 12.4 Å². The van der Waals surface area contributed by atoms with Gasteiger partial charge in [0.15, 0.2) is 5.78 Å². The van der Waals surface area contributed by atoms with Crippen molar-refractivity contribution < 1.29 is 24.2 Å². The van der Waals surface area contributed by atoms with E-state index in [1.807, 2.05) is 24.3 Å². The first-order chi connectivity index (χ1) is 19.9. The van der Waals surface area contributed by atoms with Crippen molar-refractivity contribution in [1.82, 2.24) is 5.32 Å². The first kappa shape index (κ1) is 29.7. The lowest BCUT2D eigenvalue weighted by molar-refractivity contribution is -0.177. The van der Waals surface area contributed by atoms with E-state index in [1.165, 1.54) is 18.4 Å². The van der Waals surface area contributed by atoms with Crippen molar-refractivity contribution in [1.29, 1.82) is 0 Å². The monoisotopic (exact) mass is 577 g/mol. The Morgan fingerprint density at radius 2 is 1.67 bits per heavy atom. The van der Waals surface area contributed by atoms with Crippen LogP contribution in [0.1, 0.15) is 98.0 Å². The van der Waals surface area contributed by atoms with E-state index in [2.05, 4.69) is 39.9 Å². The van der Waals surface area contributed by atoms with Crippen molar-refractivity contribution in [2.45, 2.75) is 111 Å². The van der Waals surface area contributed by atoms with E-state index >= 15 is 0 Å². The third kappa shape index (κ3) is 4.53. The number of alkyl carbamates (subject to hydrolysis) is 1. The second-order valence-corrected chi connectivity index (χ2v) is 15.2. The second kappa shape index (κ2) is 10.7. The molecule has 9 atom stereocenters. The number of methoxy groups -OCH3 is 1. The first-order valence-corrected chi connectivity index (χ1v) is 16.5. The number of carbonyl (C=O) groups excluding carboxylic acids is 2. The molecule has 42 heavy (non-hydrogen) atoms. The molecule has 1 aromatic carbocycles. The van der Waals surface area contributed by atoms with E-state index in [4.69, 9.17) is 9.47 Å². The molecule has 6 heteroatoms. The predicted molar refractivity (Wildman–Crippen MR) is 163 cm³/mol. The van der Waals surface area contributed by atoms with Crippen LogP contribution in [0.25, 0.3) is 0 Å². The van der Waals surface area contributed by atoms with Crippen molar-refractivity contribution >= 4 is 11.9 Å². The highest BCUT2D eigenvalue weighted by atomic mass is 16.5. The predicted octanol–water partition coefficient (Wildman–Crippen LogP) is 7.24. The van der Waals surface area contributed by atoms with Gasteiger partial charge in [0, 0.05) is 6.42 Å². The lowest BCUT2D eigenvalue weighted by atomic mass is 9.38. The zero-order valence-electron chi connectivity index (χ0n) is 26.5. The molecule has 0 aromatic heterocycles. The van der Waals surface area contributed by atoms with Crippen LogP contribution in [0.3, 0.4) is 0 Å². The highest BCUT2D eigenvalue weighted by Crippen LogP contribution is 2.70. The number of ether oxygens (including phenoxy) is 2. The van der Waals surface area contributed by atoms with Gasteiger partial charge in [-0.05, 0) is 127 Å². The number of rotatable bonds is 5. The van der Waals surface area contributed by atoms with E-state index in [-0.39, 0.29) is 35.2 Å². The molecule has 4 saturated carbocycles. The van der Waals surface area contributed by atoms with Gasteiger partial charge in [-0.2, -0.15) is 0 Å². The van der Waals surface area contributed by atoms with Crippen LogP contribution >= 0.6 is 0 Å². The number of benzene rings is 1. The summed E-state index contributed by atoms with van der Waals surface area (Å²) in [7, 11) is 1.63. The summed E-state index contributed by atoms with van der Waals surface area (Å²) in [5, 5.41) is 14.0. The SMILES string of the molecule is COc1ccc(COC(=O)NC23CCC4C(CCC5C4(C)CCC4C(C)C(O)CCC45C)C2=C(C(C)C)C(=O)C3)cc1. The Morgan fingerprint density at radius 1 is 1.00 bits per heavy atom. The average molecular weight is 578 g/mol. The van der Waals surface area contributed by atoms with Crippen molar-refractivity contribution in [2.24, 2.45) is 46.3 Å². The number of ketones is 1. The molecule has 0 bridgehead atoms. The zero-order chi connectivity index (χ0) is 30.0. The van der Waals surface area contributed by atoms with Gasteiger partial charge >= 0.3 is 6.09 Å². The van der Waals surface area contributed by atoms with Gasteiger partial charge in [-0.25, -0.2) is 4.79 Å². The van der Waals surface area contributed by atoms with Gasteiger partial charge in [0.25, 0.3) is 0 Å². The highest BCUT2D eigenvalue weighted by Gasteiger charge is 2.65. The number of aliphatic hydroxyl groups excluding tert-OH is 1. The normalized spacial score (nSPS) is 41.0. The van der Waals surface area contributed by atoms with Gasteiger partial charge in [-0.15, -0.1) is 0 Å². The minimum absolute atomic E-state index is 0.129. The van der Waals surface area contributed by atoms with E-state index in [9.17, 15) is 14.7 Å². The topological polar surface area (TPSA) is 84.9 Å². The Morgan fingerprint density at radius 3 is 2.36 bits per heavy atom. The van der Waals surface area contributed by atoms with Crippen molar-refractivity contribution in [2.75, 3.05) is 7.11 Å². The van der Waals surface area contributed by atoms with E-state index in [0.29, 0.717) is 36.0 Å². The Balaban J connectivity index is 1.26. The number of Topliss-reactive ketones (excluding diaryl/α,β-unsaturated/α-hetero) is 1. The number of allylic oxidation sites excluding steroid dienone is 1. The Labute approximate surface area is 252 Å². The second-order valence-electron chi connectivity index (χ2n) is 15.2. The lowest BCUT2D eigenvalue weighted by Gasteiger charge is -2.67. The molecule has 6 rings (SSSR count). The molecule has 6 nitrogen and oxygen atoms in total. The molecule has 5 aliphatic rings. The summed E-state index contributed by atoms with van der Waals surface area (Å²) in [4.78, 5) is 27.0. The summed E-state index contributed by atoms with van der Waals surface area (Å²) >= 11 is 0. The smallest absolute Gasteiger partial charge is 0.408 e. The van der Waals surface area contributed by atoms with E-state index in [0.717, 1.165) is 55.4 Å². The fourth-order valence-electron chi connectivity index (χ4n) is 11.1. The Bertz CT molecular complexity index is 1250. The summed E-state index contributed by atoms with van der Waals surface area (Å²) in [5.74, 6) is 3.50. The molecule has 5 aliphatic carbocycles. The van der Waals surface area contributed by atoms with E-state index in [1.54, 1.807) is 7.11 Å². The van der Waals surface area contributed by atoms with Crippen molar-refractivity contribution in [3.05, 3.63) is 41.0 Å². The number of aliphatic hydroxyl groups is 1. The van der Waals surface area contributed by atoms with Crippen LogP contribution in [0, 0.1) is 46.3 Å². The molecule has 4 fully saturated rings. The van der Waals surface area contributed by atoms with Gasteiger partial charge in [0.2, 0.25) is 0 Å². The molecular weight excluding hydrogens is 526 g/mol. The summed E-state index contributed by atoms with van der Waals surface area (Å²) in [6.45, 7) is 11.8. The summed E-state index contributed by atoms with van der Waals surface area (Å²) in [6.07, 6.45) is 8.20. The van der Waals surface area contributed by atoms with Crippen LogP contribution in [0.2, 0.25) is 0 Å².